The van der Waals surface area contributed by atoms with E-state index in [2.05, 4.69) is 5.32 Å². The van der Waals surface area contributed by atoms with Crippen molar-refractivity contribution in [2.45, 2.75) is 11.1 Å². The third-order valence-electron chi connectivity index (χ3n) is 3.22. The highest BCUT2D eigenvalue weighted by Crippen LogP contribution is 2.29. The topological polar surface area (TPSA) is 63.2 Å². The van der Waals surface area contributed by atoms with Gasteiger partial charge in [0.2, 0.25) is 5.91 Å². The van der Waals surface area contributed by atoms with Gasteiger partial charge in [0.05, 0.1) is 10.5 Å². The molecule has 0 aliphatic rings. The van der Waals surface area contributed by atoms with Crippen LogP contribution in [0.15, 0.2) is 59.5 Å². The molecule has 0 bridgehead atoms. The summed E-state index contributed by atoms with van der Waals surface area (Å²) in [4.78, 5) is 11.9. The molecule has 0 fully saturated rings. The van der Waals surface area contributed by atoms with Crippen LogP contribution in [0.1, 0.15) is 11.1 Å². The van der Waals surface area contributed by atoms with E-state index < -0.39 is 27.5 Å². The monoisotopic (exact) mass is 369 g/mol. The average molecular weight is 369 g/mol. The Hall–Kier alpha value is -2.61. The molecule has 0 aromatic heterocycles. The second-order valence-electron chi connectivity index (χ2n) is 5.24. The van der Waals surface area contributed by atoms with Crippen molar-refractivity contribution >= 4 is 27.5 Å². The Morgan fingerprint density at radius 2 is 1.56 bits per heavy atom. The quantitative estimate of drug-likeness (QED) is 0.835. The summed E-state index contributed by atoms with van der Waals surface area (Å²) in [5, 5.41) is 2.53. The van der Waals surface area contributed by atoms with Crippen LogP contribution in [0.3, 0.4) is 0 Å². The number of carbonyl (C=O) groups is 1. The predicted octanol–water partition coefficient (Wildman–Crippen LogP) is 3.76. The van der Waals surface area contributed by atoms with Crippen LogP contribution in [0.4, 0.5) is 18.9 Å². The maximum Gasteiger partial charge on any atom is 0.416 e. The summed E-state index contributed by atoms with van der Waals surface area (Å²) in [7, 11) is -3.32. The minimum atomic E-state index is -4.41. The lowest BCUT2D eigenvalue weighted by Crippen LogP contribution is -2.08. The molecule has 132 valence electrons. The highest BCUT2D eigenvalue weighted by atomic mass is 32.2. The summed E-state index contributed by atoms with van der Waals surface area (Å²) < 4.78 is 60.1. The molecule has 2 aromatic rings. The smallest absolute Gasteiger partial charge is 0.323 e. The number of sulfone groups is 1. The van der Waals surface area contributed by atoms with E-state index in [1.54, 1.807) is 0 Å². The summed E-state index contributed by atoms with van der Waals surface area (Å²) in [6, 6.07) is 10.00. The SMILES string of the molecule is CS(=O)(=O)c1ccc(NC(=O)/C=C/c2ccc(C(F)(F)F)cc2)cc1. The molecule has 0 unspecified atom stereocenters. The van der Waals surface area contributed by atoms with Crippen molar-refractivity contribution in [3.8, 4) is 0 Å². The second kappa shape index (κ2) is 7.10. The first kappa shape index (κ1) is 18.7. The Morgan fingerprint density at radius 1 is 1.00 bits per heavy atom. The van der Waals surface area contributed by atoms with Gasteiger partial charge >= 0.3 is 6.18 Å². The number of nitrogens with one attached hydrogen (secondary N) is 1. The molecule has 1 N–H and O–H groups in total. The van der Waals surface area contributed by atoms with Gasteiger partial charge in [-0.05, 0) is 48.0 Å². The van der Waals surface area contributed by atoms with E-state index in [-0.39, 0.29) is 4.90 Å². The number of hydrogen-bond acceptors (Lipinski definition) is 3. The van der Waals surface area contributed by atoms with Crippen molar-refractivity contribution in [1.29, 1.82) is 0 Å². The minimum Gasteiger partial charge on any atom is -0.323 e. The van der Waals surface area contributed by atoms with Crippen LogP contribution in [0.5, 0.6) is 0 Å². The van der Waals surface area contributed by atoms with Crippen LogP contribution in [0.25, 0.3) is 6.08 Å². The van der Waals surface area contributed by atoms with Crippen molar-refractivity contribution in [2.75, 3.05) is 11.6 Å². The molecule has 0 atom stereocenters. The van der Waals surface area contributed by atoms with E-state index in [1.165, 1.54) is 48.6 Å². The van der Waals surface area contributed by atoms with Crippen LogP contribution in [0, 0.1) is 0 Å². The summed E-state index contributed by atoms with van der Waals surface area (Å²) in [6.07, 6.45) is -0.779. The molecular formula is C17H14F3NO3S. The van der Waals surface area contributed by atoms with Crippen LogP contribution >= 0.6 is 0 Å². The fourth-order valence-electron chi connectivity index (χ4n) is 1.92. The number of hydrogen-bond donors (Lipinski definition) is 1. The molecule has 2 aromatic carbocycles. The van der Waals surface area contributed by atoms with Gasteiger partial charge in [0.15, 0.2) is 9.84 Å². The molecule has 0 heterocycles. The van der Waals surface area contributed by atoms with E-state index in [0.29, 0.717) is 11.3 Å². The van der Waals surface area contributed by atoms with Crippen molar-refractivity contribution in [3.63, 3.8) is 0 Å². The Kier molecular flexibility index (Phi) is 5.32. The number of anilines is 1. The zero-order valence-corrected chi connectivity index (χ0v) is 13.9. The number of rotatable bonds is 4. The minimum absolute atomic E-state index is 0.130. The molecule has 0 radical (unpaired) electrons. The van der Waals surface area contributed by atoms with E-state index >= 15 is 0 Å². The largest absolute Gasteiger partial charge is 0.416 e. The number of halogens is 3. The molecule has 25 heavy (non-hydrogen) atoms. The van der Waals surface area contributed by atoms with Crippen LogP contribution < -0.4 is 5.32 Å². The normalized spacial score (nSPS) is 12.3. The molecule has 0 saturated carbocycles. The first-order valence-corrected chi connectivity index (χ1v) is 8.91. The lowest BCUT2D eigenvalue weighted by atomic mass is 10.1. The Morgan fingerprint density at radius 3 is 2.04 bits per heavy atom. The number of carbonyl (C=O) groups excluding carboxylic acids is 1. The van der Waals surface area contributed by atoms with Gasteiger partial charge in [-0.2, -0.15) is 13.2 Å². The average Bonchev–Trinajstić information content (AvgIpc) is 2.52. The number of amides is 1. The number of benzene rings is 2. The third-order valence-corrected chi connectivity index (χ3v) is 4.34. The molecule has 0 saturated heterocycles. The van der Waals surface area contributed by atoms with E-state index in [4.69, 9.17) is 0 Å². The van der Waals surface area contributed by atoms with Crippen molar-refractivity contribution < 1.29 is 26.4 Å². The molecule has 2 rings (SSSR count). The summed E-state index contributed by atoms with van der Waals surface area (Å²) in [6.45, 7) is 0. The molecule has 4 nitrogen and oxygen atoms in total. The second-order valence-corrected chi connectivity index (χ2v) is 7.25. The van der Waals surface area contributed by atoms with Crippen molar-refractivity contribution in [1.82, 2.24) is 0 Å². The Balaban J connectivity index is 2.01. The molecule has 1 amide bonds. The van der Waals surface area contributed by atoms with Gasteiger partial charge in [0, 0.05) is 18.0 Å². The molecule has 0 aliphatic heterocycles. The standard InChI is InChI=1S/C17H14F3NO3S/c1-25(23,24)15-9-7-14(8-10-15)21-16(22)11-4-12-2-5-13(6-3-12)17(18,19)20/h2-11H,1H3,(H,21,22)/b11-4+. The fourth-order valence-corrected chi connectivity index (χ4v) is 2.55. The zero-order chi connectivity index (χ0) is 18.7. The van der Waals surface area contributed by atoms with Gasteiger partial charge in [0.1, 0.15) is 0 Å². The van der Waals surface area contributed by atoms with Crippen LogP contribution in [-0.2, 0) is 20.8 Å². The van der Waals surface area contributed by atoms with E-state index in [1.807, 2.05) is 0 Å². The zero-order valence-electron chi connectivity index (χ0n) is 13.0. The highest BCUT2D eigenvalue weighted by Gasteiger charge is 2.29. The molecule has 0 spiro atoms. The third kappa shape index (κ3) is 5.46. The summed E-state index contributed by atoms with van der Waals surface area (Å²) >= 11 is 0. The Bertz CT molecular complexity index is 884. The molecule has 0 aliphatic carbocycles. The number of alkyl halides is 3. The maximum atomic E-state index is 12.5. The first-order chi connectivity index (χ1) is 11.6. The summed E-state index contributed by atoms with van der Waals surface area (Å²) in [5.41, 5.74) is 0.0742. The van der Waals surface area contributed by atoms with Gasteiger partial charge in [-0.1, -0.05) is 12.1 Å². The summed E-state index contributed by atoms with van der Waals surface area (Å²) in [5.74, 6) is -0.494. The maximum absolute atomic E-state index is 12.5. The van der Waals surface area contributed by atoms with Crippen LogP contribution in [-0.4, -0.2) is 20.6 Å². The van der Waals surface area contributed by atoms with E-state index in [0.717, 1.165) is 18.4 Å². The van der Waals surface area contributed by atoms with Gasteiger partial charge in [-0.15, -0.1) is 0 Å². The lowest BCUT2D eigenvalue weighted by Gasteiger charge is -2.06. The van der Waals surface area contributed by atoms with Crippen molar-refractivity contribution in [3.05, 3.63) is 65.7 Å². The Labute approximate surface area is 142 Å². The fraction of sp³-hybridized carbons (Fsp3) is 0.118. The molecule has 8 heteroatoms. The van der Waals surface area contributed by atoms with E-state index in [9.17, 15) is 26.4 Å². The van der Waals surface area contributed by atoms with Gasteiger partial charge in [0.25, 0.3) is 0 Å². The van der Waals surface area contributed by atoms with Crippen molar-refractivity contribution in [2.24, 2.45) is 0 Å². The van der Waals surface area contributed by atoms with Gasteiger partial charge < -0.3 is 5.32 Å². The highest BCUT2D eigenvalue weighted by molar-refractivity contribution is 7.90. The molecular weight excluding hydrogens is 355 g/mol. The van der Waals surface area contributed by atoms with Gasteiger partial charge in [-0.3, -0.25) is 4.79 Å². The lowest BCUT2D eigenvalue weighted by molar-refractivity contribution is -0.137. The predicted molar refractivity (Wildman–Crippen MR) is 88.7 cm³/mol. The van der Waals surface area contributed by atoms with Crippen LogP contribution in [0.2, 0.25) is 0 Å². The first-order valence-electron chi connectivity index (χ1n) is 7.02. The van der Waals surface area contributed by atoms with Gasteiger partial charge in [-0.25, -0.2) is 8.42 Å².